The van der Waals surface area contributed by atoms with Crippen molar-refractivity contribution in [1.82, 2.24) is 9.80 Å². The Hall–Kier alpha value is -1.88. The highest BCUT2D eigenvalue weighted by Gasteiger charge is 2.28. The third-order valence-electron chi connectivity index (χ3n) is 4.63. The van der Waals surface area contributed by atoms with Crippen LogP contribution in [-0.2, 0) is 27.3 Å². The van der Waals surface area contributed by atoms with Crippen LogP contribution in [0.1, 0.15) is 25.0 Å². The number of esters is 1. The highest BCUT2D eigenvalue weighted by atomic mass is 16.5. The predicted octanol–water partition coefficient (Wildman–Crippen LogP) is 1.70. The molecule has 1 aliphatic rings. The molecule has 23 heavy (non-hydrogen) atoms. The zero-order valence-corrected chi connectivity index (χ0v) is 14.4. The lowest BCUT2D eigenvalue weighted by Crippen LogP contribution is -2.48. The van der Waals surface area contributed by atoms with Gasteiger partial charge < -0.3 is 9.64 Å². The van der Waals surface area contributed by atoms with Crippen LogP contribution in [0.4, 0.5) is 0 Å². The first-order valence-corrected chi connectivity index (χ1v) is 8.07. The predicted molar refractivity (Wildman–Crippen MR) is 88.8 cm³/mol. The molecule has 1 aromatic rings. The Morgan fingerprint density at radius 3 is 2.57 bits per heavy atom. The summed E-state index contributed by atoms with van der Waals surface area (Å²) in [5.41, 5.74) is 2.56. The number of carbonyl (C=O) groups excluding carboxylic acids is 2. The van der Waals surface area contributed by atoms with Gasteiger partial charge in [0, 0.05) is 19.6 Å². The summed E-state index contributed by atoms with van der Waals surface area (Å²) in [6, 6.07) is 8.02. The summed E-state index contributed by atoms with van der Waals surface area (Å²) in [6.07, 6.45) is 0.900. The number of amides is 1. The van der Waals surface area contributed by atoms with Crippen LogP contribution in [-0.4, -0.2) is 55.0 Å². The Labute approximate surface area is 138 Å². The van der Waals surface area contributed by atoms with Gasteiger partial charge in [-0.2, -0.15) is 0 Å². The fourth-order valence-electron chi connectivity index (χ4n) is 3.00. The zero-order valence-electron chi connectivity index (χ0n) is 14.4. The summed E-state index contributed by atoms with van der Waals surface area (Å²) in [6.45, 7) is 5.63. The second kappa shape index (κ2) is 7.59. The third kappa shape index (κ3) is 4.10. The largest absolute Gasteiger partial charge is 0.469 e. The van der Waals surface area contributed by atoms with Crippen LogP contribution in [0.5, 0.6) is 0 Å². The Balaban J connectivity index is 1.96. The van der Waals surface area contributed by atoms with E-state index in [2.05, 4.69) is 12.1 Å². The van der Waals surface area contributed by atoms with E-state index in [4.69, 9.17) is 4.74 Å². The summed E-state index contributed by atoms with van der Waals surface area (Å²) < 4.78 is 4.75. The average molecular weight is 318 g/mol. The lowest BCUT2D eigenvalue weighted by Gasteiger charge is -2.34. The molecular formula is C18H26N2O3. The molecule has 0 saturated carbocycles. The molecule has 0 aliphatic carbocycles. The minimum Gasteiger partial charge on any atom is -0.469 e. The van der Waals surface area contributed by atoms with Crippen LogP contribution in [0.2, 0.25) is 0 Å². The van der Waals surface area contributed by atoms with Crippen molar-refractivity contribution in [3.8, 4) is 0 Å². The number of benzene rings is 1. The maximum Gasteiger partial charge on any atom is 0.309 e. The van der Waals surface area contributed by atoms with Gasteiger partial charge in [0.15, 0.2) is 0 Å². The van der Waals surface area contributed by atoms with Gasteiger partial charge in [0.2, 0.25) is 5.91 Å². The van der Waals surface area contributed by atoms with E-state index in [1.165, 1.54) is 18.2 Å². The summed E-state index contributed by atoms with van der Waals surface area (Å²) in [7, 11) is 3.26. The standard InChI is InChI=1S/C18H26N2O3/c1-13(18(22)23-4)11-19(3)14(2)17(21)20-10-9-15-7-5-6-8-16(15)12-20/h5-8,13-14H,9-12H2,1-4H3. The SMILES string of the molecule is COC(=O)C(C)CN(C)C(C)C(=O)N1CCc2ccccc2C1. The van der Waals surface area contributed by atoms with E-state index in [0.717, 1.165) is 13.0 Å². The van der Waals surface area contributed by atoms with Gasteiger partial charge in [-0.05, 0) is 31.5 Å². The quantitative estimate of drug-likeness (QED) is 0.776. The molecule has 1 aromatic carbocycles. The molecular weight excluding hydrogens is 292 g/mol. The van der Waals surface area contributed by atoms with Gasteiger partial charge in [-0.15, -0.1) is 0 Å². The van der Waals surface area contributed by atoms with Gasteiger partial charge in [0.25, 0.3) is 0 Å². The van der Waals surface area contributed by atoms with Gasteiger partial charge in [-0.25, -0.2) is 0 Å². The number of hydrogen-bond donors (Lipinski definition) is 0. The molecule has 0 N–H and O–H groups in total. The monoisotopic (exact) mass is 318 g/mol. The number of carbonyl (C=O) groups is 2. The molecule has 1 aliphatic heterocycles. The Kier molecular flexibility index (Phi) is 5.77. The van der Waals surface area contributed by atoms with E-state index in [-0.39, 0.29) is 23.8 Å². The van der Waals surface area contributed by atoms with Crippen molar-refractivity contribution >= 4 is 11.9 Å². The normalized spacial score (nSPS) is 16.7. The van der Waals surface area contributed by atoms with E-state index in [1.807, 2.05) is 42.8 Å². The highest BCUT2D eigenvalue weighted by Crippen LogP contribution is 2.20. The summed E-state index contributed by atoms with van der Waals surface area (Å²) >= 11 is 0. The molecule has 0 aromatic heterocycles. The second-order valence-electron chi connectivity index (χ2n) is 6.32. The van der Waals surface area contributed by atoms with Crippen molar-refractivity contribution in [2.75, 3.05) is 27.2 Å². The zero-order chi connectivity index (χ0) is 17.0. The van der Waals surface area contributed by atoms with Crippen molar-refractivity contribution < 1.29 is 14.3 Å². The van der Waals surface area contributed by atoms with Gasteiger partial charge in [0.1, 0.15) is 0 Å². The number of fused-ring (bicyclic) bond motifs is 1. The van der Waals surface area contributed by atoms with Gasteiger partial charge in [-0.1, -0.05) is 31.2 Å². The van der Waals surface area contributed by atoms with E-state index >= 15 is 0 Å². The lowest BCUT2D eigenvalue weighted by molar-refractivity contribution is -0.146. The first-order chi connectivity index (χ1) is 10.9. The summed E-state index contributed by atoms with van der Waals surface area (Å²) in [4.78, 5) is 28.1. The number of ether oxygens (including phenoxy) is 1. The highest BCUT2D eigenvalue weighted by molar-refractivity contribution is 5.82. The van der Waals surface area contributed by atoms with Crippen molar-refractivity contribution in [3.05, 3.63) is 35.4 Å². The number of rotatable bonds is 5. The van der Waals surface area contributed by atoms with Crippen molar-refractivity contribution in [2.24, 2.45) is 5.92 Å². The first kappa shape index (κ1) is 17.5. The number of nitrogens with zero attached hydrogens (tertiary/aromatic N) is 2. The topological polar surface area (TPSA) is 49.9 Å². The molecule has 0 saturated heterocycles. The maximum absolute atomic E-state index is 12.7. The molecule has 5 nitrogen and oxygen atoms in total. The lowest BCUT2D eigenvalue weighted by atomic mass is 9.99. The molecule has 0 fully saturated rings. The van der Waals surface area contributed by atoms with Crippen molar-refractivity contribution in [2.45, 2.75) is 32.9 Å². The van der Waals surface area contributed by atoms with Crippen LogP contribution in [0, 0.1) is 5.92 Å². The first-order valence-electron chi connectivity index (χ1n) is 8.07. The van der Waals surface area contributed by atoms with Gasteiger partial charge >= 0.3 is 5.97 Å². The van der Waals surface area contributed by atoms with Crippen molar-refractivity contribution in [1.29, 1.82) is 0 Å². The van der Waals surface area contributed by atoms with E-state index in [0.29, 0.717) is 13.1 Å². The van der Waals surface area contributed by atoms with Gasteiger partial charge in [-0.3, -0.25) is 14.5 Å². The fraction of sp³-hybridized carbons (Fsp3) is 0.556. The Morgan fingerprint density at radius 2 is 1.91 bits per heavy atom. The average Bonchev–Trinajstić information content (AvgIpc) is 2.58. The van der Waals surface area contributed by atoms with Gasteiger partial charge in [0.05, 0.1) is 19.1 Å². The molecule has 5 heteroatoms. The maximum atomic E-state index is 12.7. The minimum absolute atomic E-state index is 0.110. The Bertz CT molecular complexity index is 573. The smallest absolute Gasteiger partial charge is 0.309 e. The second-order valence-corrected chi connectivity index (χ2v) is 6.32. The van der Waals surface area contributed by atoms with E-state index in [9.17, 15) is 9.59 Å². The van der Waals surface area contributed by atoms with Crippen LogP contribution in [0.25, 0.3) is 0 Å². The van der Waals surface area contributed by atoms with Crippen LogP contribution in [0.3, 0.4) is 0 Å². The van der Waals surface area contributed by atoms with E-state index < -0.39 is 0 Å². The molecule has 2 atom stereocenters. The van der Waals surface area contributed by atoms with Crippen LogP contribution in [0.15, 0.2) is 24.3 Å². The minimum atomic E-state index is -0.257. The molecule has 1 amide bonds. The molecule has 0 bridgehead atoms. The summed E-state index contributed by atoms with van der Waals surface area (Å²) in [5, 5.41) is 0. The Morgan fingerprint density at radius 1 is 1.26 bits per heavy atom. The number of hydrogen-bond acceptors (Lipinski definition) is 4. The third-order valence-corrected chi connectivity index (χ3v) is 4.63. The van der Waals surface area contributed by atoms with Crippen molar-refractivity contribution in [3.63, 3.8) is 0 Å². The molecule has 0 spiro atoms. The molecule has 126 valence electrons. The number of methoxy groups -OCH3 is 1. The molecule has 2 unspecified atom stereocenters. The fourth-order valence-corrected chi connectivity index (χ4v) is 3.00. The molecule has 0 radical (unpaired) electrons. The van der Waals surface area contributed by atoms with Crippen LogP contribution >= 0.6 is 0 Å². The summed E-state index contributed by atoms with van der Waals surface area (Å²) in [5.74, 6) is -0.384. The molecule has 2 rings (SSSR count). The van der Waals surface area contributed by atoms with Crippen LogP contribution < -0.4 is 0 Å². The molecule has 1 heterocycles. The number of likely N-dealkylation sites (N-methyl/N-ethyl adjacent to an activating group) is 1. The van der Waals surface area contributed by atoms with E-state index in [1.54, 1.807) is 0 Å².